The standard InChI is InChI=1S/C13H16BrN3OS/c1-9-15-16-13(17(9)2)8-19-7-10-4-5-12(18-3)11(14)6-10/h4-6H,7-8H2,1-3H3. The highest BCUT2D eigenvalue weighted by Gasteiger charge is 2.06. The average Bonchev–Trinajstić information content (AvgIpc) is 2.71. The zero-order valence-corrected chi connectivity index (χ0v) is 13.6. The van der Waals surface area contributed by atoms with Gasteiger partial charge in [0.05, 0.1) is 17.3 Å². The summed E-state index contributed by atoms with van der Waals surface area (Å²) in [5, 5.41) is 8.21. The van der Waals surface area contributed by atoms with Crippen molar-refractivity contribution in [2.75, 3.05) is 7.11 Å². The molecule has 2 rings (SSSR count). The lowest BCUT2D eigenvalue weighted by atomic mass is 10.2. The van der Waals surface area contributed by atoms with Gasteiger partial charge in [-0.3, -0.25) is 0 Å². The van der Waals surface area contributed by atoms with Crippen molar-refractivity contribution in [3.05, 3.63) is 39.9 Å². The zero-order chi connectivity index (χ0) is 13.8. The summed E-state index contributed by atoms with van der Waals surface area (Å²) in [6.45, 7) is 1.96. The fourth-order valence-corrected chi connectivity index (χ4v) is 3.18. The van der Waals surface area contributed by atoms with E-state index in [2.05, 4.69) is 38.3 Å². The van der Waals surface area contributed by atoms with Crippen LogP contribution in [0.3, 0.4) is 0 Å². The summed E-state index contributed by atoms with van der Waals surface area (Å²) in [5.41, 5.74) is 1.26. The summed E-state index contributed by atoms with van der Waals surface area (Å²) >= 11 is 5.32. The summed E-state index contributed by atoms with van der Waals surface area (Å²) in [6, 6.07) is 6.15. The zero-order valence-electron chi connectivity index (χ0n) is 11.2. The lowest BCUT2D eigenvalue weighted by molar-refractivity contribution is 0.412. The number of hydrogen-bond donors (Lipinski definition) is 0. The maximum atomic E-state index is 5.22. The first kappa shape index (κ1) is 14.4. The van der Waals surface area contributed by atoms with Gasteiger partial charge in [0.15, 0.2) is 0 Å². The van der Waals surface area contributed by atoms with E-state index in [9.17, 15) is 0 Å². The molecule has 2 aromatic rings. The first-order chi connectivity index (χ1) is 9.11. The summed E-state index contributed by atoms with van der Waals surface area (Å²) in [6.07, 6.45) is 0. The molecule has 0 spiro atoms. The first-order valence-corrected chi connectivity index (χ1v) is 7.81. The normalized spacial score (nSPS) is 10.7. The quantitative estimate of drug-likeness (QED) is 0.836. The molecule has 0 bridgehead atoms. The van der Waals surface area contributed by atoms with Gasteiger partial charge in [-0.25, -0.2) is 0 Å². The van der Waals surface area contributed by atoms with Crippen LogP contribution in [0.25, 0.3) is 0 Å². The van der Waals surface area contributed by atoms with Crippen molar-refractivity contribution in [1.82, 2.24) is 14.8 Å². The Morgan fingerprint density at radius 2 is 2.11 bits per heavy atom. The number of halogens is 1. The van der Waals surface area contributed by atoms with Gasteiger partial charge in [0, 0.05) is 12.8 Å². The second kappa shape index (κ2) is 6.43. The lowest BCUT2D eigenvalue weighted by Crippen LogP contribution is -1.98. The van der Waals surface area contributed by atoms with Crippen LogP contribution < -0.4 is 4.74 Å². The van der Waals surface area contributed by atoms with Crippen LogP contribution in [0.4, 0.5) is 0 Å². The van der Waals surface area contributed by atoms with Crippen LogP contribution >= 0.6 is 27.7 Å². The maximum absolute atomic E-state index is 5.22. The van der Waals surface area contributed by atoms with Crippen molar-refractivity contribution in [2.24, 2.45) is 7.05 Å². The largest absolute Gasteiger partial charge is 0.496 e. The van der Waals surface area contributed by atoms with Gasteiger partial charge in [0.25, 0.3) is 0 Å². The average molecular weight is 342 g/mol. The maximum Gasteiger partial charge on any atom is 0.142 e. The minimum absolute atomic E-state index is 0.859. The van der Waals surface area contributed by atoms with E-state index in [-0.39, 0.29) is 0 Å². The third-order valence-corrected chi connectivity index (χ3v) is 4.52. The van der Waals surface area contributed by atoms with Crippen molar-refractivity contribution in [1.29, 1.82) is 0 Å². The number of hydrogen-bond acceptors (Lipinski definition) is 4. The van der Waals surface area contributed by atoms with Gasteiger partial charge >= 0.3 is 0 Å². The molecule has 0 unspecified atom stereocenters. The minimum Gasteiger partial charge on any atom is -0.496 e. The second-order valence-electron chi connectivity index (χ2n) is 4.18. The Balaban J connectivity index is 1.92. The van der Waals surface area contributed by atoms with Crippen molar-refractivity contribution in [2.45, 2.75) is 18.4 Å². The van der Waals surface area contributed by atoms with Crippen LogP contribution in [0, 0.1) is 6.92 Å². The van der Waals surface area contributed by atoms with Crippen molar-refractivity contribution in [3.8, 4) is 5.75 Å². The minimum atomic E-state index is 0.859. The highest BCUT2D eigenvalue weighted by atomic mass is 79.9. The molecule has 4 nitrogen and oxygen atoms in total. The van der Waals surface area contributed by atoms with Gasteiger partial charge < -0.3 is 9.30 Å². The van der Waals surface area contributed by atoms with Crippen molar-refractivity contribution >= 4 is 27.7 Å². The van der Waals surface area contributed by atoms with E-state index in [1.54, 1.807) is 7.11 Å². The summed E-state index contributed by atoms with van der Waals surface area (Å²) < 4.78 is 8.23. The smallest absolute Gasteiger partial charge is 0.142 e. The molecular formula is C13H16BrN3OS. The van der Waals surface area contributed by atoms with Gasteiger partial charge in [-0.2, -0.15) is 0 Å². The van der Waals surface area contributed by atoms with Crippen LogP contribution in [-0.4, -0.2) is 21.9 Å². The van der Waals surface area contributed by atoms with E-state index >= 15 is 0 Å². The van der Waals surface area contributed by atoms with Gasteiger partial charge in [0.2, 0.25) is 0 Å². The molecule has 1 heterocycles. The Morgan fingerprint density at radius 1 is 1.32 bits per heavy atom. The Labute approximate surface area is 125 Å². The number of nitrogens with zero attached hydrogens (tertiary/aromatic N) is 3. The van der Waals surface area contributed by atoms with Crippen LogP contribution in [0.5, 0.6) is 5.75 Å². The lowest BCUT2D eigenvalue weighted by Gasteiger charge is -2.06. The topological polar surface area (TPSA) is 39.9 Å². The molecule has 0 aliphatic heterocycles. The number of methoxy groups -OCH3 is 1. The van der Waals surface area contributed by atoms with Crippen molar-refractivity contribution in [3.63, 3.8) is 0 Å². The Kier molecular flexibility index (Phi) is 4.87. The number of benzene rings is 1. The number of ether oxygens (including phenoxy) is 1. The predicted octanol–water partition coefficient (Wildman–Crippen LogP) is 3.33. The van der Waals surface area contributed by atoms with Crippen molar-refractivity contribution < 1.29 is 4.74 Å². The molecule has 0 aliphatic carbocycles. The van der Waals surface area contributed by atoms with E-state index in [1.807, 2.05) is 36.4 Å². The molecule has 0 aliphatic rings. The molecule has 102 valence electrons. The Hall–Kier alpha value is -1.01. The van der Waals surface area contributed by atoms with Gasteiger partial charge in [-0.15, -0.1) is 22.0 Å². The monoisotopic (exact) mass is 341 g/mol. The molecule has 1 aromatic heterocycles. The Morgan fingerprint density at radius 3 is 2.68 bits per heavy atom. The number of rotatable bonds is 5. The molecule has 0 saturated heterocycles. The molecule has 0 radical (unpaired) electrons. The molecule has 19 heavy (non-hydrogen) atoms. The molecule has 1 aromatic carbocycles. The van der Waals surface area contributed by atoms with E-state index in [0.29, 0.717) is 0 Å². The molecule has 6 heteroatoms. The molecule has 0 N–H and O–H groups in total. The van der Waals surface area contributed by atoms with E-state index in [4.69, 9.17) is 4.74 Å². The van der Waals surface area contributed by atoms with Crippen LogP contribution in [0.2, 0.25) is 0 Å². The van der Waals surface area contributed by atoms with Crippen LogP contribution in [0.15, 0.2) is 22.7 Å². The second-order valence-corrected chi connectivity index (χ2v) is 6.02. The summed E-state index contributed by atoms with van der Waals surface area (Å²) in [5.74, 6) is 4.62. The van der Waals surface area contributed by atoms with E-state index < -0.39 is 0 Å². The van der Waals surface area contributed by atoms with Gasteiger partial charge in [-0.05, 0) is 40.5 Å². The summed E-state index contributed by atoms with van der Waals surface area (Å²) in [7, 11) is 3.67. The van der Waals surface area contributed by atoms with Crippen LogP contribution in [0.1, 0.15) is 17.2 Å². The fourth-order valence-electron chi connectivity index (χ4n) is 1.64. The highest BCUT2D eigenvalue weighted by molar-refractivity contribution is 9.10. The van der Waals surface area contributed by atoms with E-state index in [0.717, 1.165) is 33.4 Å². The number of aryl methyl sites for hydroxylation is 1. The predicted molar refractivity (Wildman–Crippen MR) is 81.4 cm³/mol. The fraction of sp³-hybridized carbons (Fsp3) is 0.385. The SMILES string of the molecule is COc1ccc(CSCc2nnc(C)n2C)cc1Br. The van der Waals surface area contributed by atoms with Gasteiger partial charge in [-0.1, -0.05) is 6.07 Å². The molecule has 0 amide bonds. The highest BCUT2D eigenvalue weighted by Crippen LogP contribution is 2.27. The number of aromatic nitrogens is 3. The molecular weight excluding hydrogens is 326 g/mol. The summed E-state index contributed by atoms with van der Waals surface area (Å²) in [4.78, 5) is 0. The van der Waals surface area contributed by atoms with Gasteiger partial charge in [0.1, 0.15) is 17.4 Å². The Bertz CT molecular complexity index is 571. The molecule has 0 fully saturated rings. The van der Waals surface area contributed by atoms with E-state index in [1.165, 1.54) is 5.56 Å². The van der Waals surface area contributed by atoms with Crippen LogP contribution in [-0.2, 0) is 18.6 Å². The molecule has 0 atom stereocenters. The number of thioether (sulfide) groups is 1. The molecule has 0 saturated carbocycles. The third-order valence-electron chi connectivity index (χ3n) is 2.90. The first-order valence-electron chi connectivity index (χ1n) is 5.87. The third kappa shape index (κ3) is 3.51.